The van der Waals surface area contributed by atoms with E-state index in [1.54, 1.807) is 0 Å². The SMILES string of the molecule is NNC(c1cccc2c1OCC2)C1CCCCC1. The summed E-state index contributed by atoms with van der Waals surface area (Å²) in [5, 5.41) is 0. The maximum atomic E-state index is 5.82. The van der Waals surface area contributed by atoms with Crippen molar-refractivity contribution < 1.29 is 4.74 Å². The number of hydrogen-bond donors (Lipinski definition) is 2. The number of nitrogens with one attached hydrogen (secondary N) is 1. The van der Waals surface area contributed by atoms with Crippen LogP contribution in [-0.2, 0) is 6.42 Å². The van der Waals surface area contributed by atoms with E-state index in [9.17, 15) is 0 Å². The van der Waals surface area contributed by atoms with Crippen molar-refractivity contribution in [1.82, 2.24) is 5.43 Å². The molecule has 1 unspecified atom stereocenters. The van der Waals surface area contributed by atoms with Gasteiger partial charge in [-0.15, -0.1) is 0 Å². The topological polar surface area (TPSA) is 47.3 Å². The predicted octanol–water partition coefficient (Wildman–Crippen LogP) is 2.71. The average molecular weight is 246 g/mol. The summed E-state index contributed by atoms with van der Waals surface area (Å²) in [6.07, 6.45) is 7.62. The van der Waals surface area contributed by atoms with Crippen LogP contribution in [0.4, 0.5) is 0 Å². The Balaban J connectivity index is 1.89. The zero-order valence-electron chi connectivity index (χ0n) is 10.8. The van der Waals surface area contributed by atoms with E-state index in [-0.39, 0.29) is 6.04 Å². The highest BCUT2D eigenvalue weighted by atomic mass is 16.5. The standard InChI is InChI=1S/C15H22N2O/c16-17-14(11-5-2-1-3-6-11)13-8-4-7-12-9-10-18-15(12)13/h4,7-8,11,14,17H,1-3,5-6,9-10,16H2. The Bertz CT molecular complexity index is 413. The molecule has 0 radical (unpaired) electrons. The number of para-hydroxylation sites is 1. The second kappa shape index (κ2) is 5.29. The molecule has 1 aliphatic heterocycles. The summed E-state index contributed by atoms with van der Waals surface area (Å²) in [5.74, 6) is 7.57. The van der Waals surface area contributed by atoms with Crippen molar-refractivity contribution in [2.24, 2.45) is 11.8 Å². The molecule has 18 heavy (non-hydrogen) atoms. The third-order valence-electron chi connectivity index (χ3n) is 4.38. The van der Waals surface area contributed by atoms with E-state index in [1.807, 2.05) is 0 Å². The molecule has 0 amide bonds. The summed E-state index contributed by atoms with van der Waals surface area (Å²) in [6, 6.07) is 6.72. The molecule has 3 heteroatoms. The summed E-state index contributed by atoms with van der Waals surface area (Å²) in [7, 11) is 0. The molecule has 1 heterocycles. The minimum Gasteiger partial charge on any atom is -0.493 e. The van der Waals surface area contributed by atoms with Crippen LogP contribution in [0, 0.1) is 5.92 Å². The first-order valence-electron chi connectivity index (χ1n) is 7.11. The molecule has 0 saturated heterocycles. The van der Waals surface area contributed by atoms with Crippen LogP contribution in [0.15, 0.2) is 18.2 Å². The summed E-state index contributed by atoms with van der Waals surface area (Å²) in [4.78, 5) is 0. The predicted molar refractivity (Wildman–Crippen MR) is 72.3 cm³/mol. The summed E-state index contributed by atoms with van der Waals surface area (Å²) < 4.78 is 5.81. The smallest absolute Gasteiger partial charge is 0.127 e. The Morgan fingerprint density at radius 1 is 1.22 bits per heavy atom. The molecule has 0 spiro atoms. The van der Waals surface area contributed by atoms with E-state index in [1.165, 1.54) is 43.2 Å². The van der Waals surface area contributed by atoms with Gasteiger partial charge in [0.15, 0.2) is 0 Å². The second-order valence-electron chi connectivity index (χ2n) is 5.48. The lowest BCUT2D eigenvalue weighted by Gasteiger charge is -2.30. The van der Waals surface area contributed by atoms with Crippen LogP contribution in [0.2, 0.25) is 0 Å². The van der Waals surface area contributed by atoms with Gasteiger partial charge in [0.05, 0.1) is 12.6 Å². The highest BCUT2D eigenvalue weighted by Gasteiger charge is 2.28. The minimum absolute atomic E-state index is 0.248. The summed E-state index contributed by atoms with van der Waals surface area (Å²) in [6.45, 7) is 0.814. The van der Waals surface area contributed by atoms with Crippen LogP contribution in [0.25, 0.3) is 0 Å². The zero-order chi connectivity index (χ0) is 12.4. The first-order valence-corrected chi connectivity index (χ1v) is 7.11. The highest BCUT2D eigenvalue weighted by molar-refractivity contribution is 5.45. The van der Waals surface area contributed by atoms with Gasteiger partial charge in [-0.1, -0.05) is 37.5 Å². The number of fused-ring (bicyclic) bond motifs is 1. The van der Waals surface area contributed by atoms with Crippen LogP contribution < -0.4 is 16.0 Å². The first kappa shape index (κ1) is 12.0. The molecule has 1 fully saturated rings. The van der Waals surface area contributed by atoms with Gasteiger partial charge < -0.3 is 4.74 Å². The first-order chi connectivity index (χ1) is 8.90. The van der Waals surface area contributed by atoms with Crippen LogP contribution in [0.5, 0.6) is 5.75 Å². The average Bonchev–Trinajstić information content (AvgIpc) is 2.90. The normalized spacial score (nSPS) is 21.4. The maximum Gasteiger partial charge on any atom is 0.127 e. The van der Waals surface area contributed by atoms with Gasteiger partial charge in [0.1, 0.15) is 5.75 Å². The molecule has 3 nitrogen and oxygen atoms in total. The number of benzene rings is 1. The largest absolute Gasteiger partial charge is 0.493 e. The van der Waals surface area contributed by atoms with Crippen molar-refractivity contribution in [2.45, 2.75) is 44.6 Å². The van der Waals surface area contributed by atoms with Crippen molar-refractivity contribution in [3.05, 3.63) is 29.3 Å². The van der Waals surface area contributed by atoms with Gasteiger partial charge in [-0.05, 0) is 24.3 Å². The molecule has 1 saturated carbocycles. The van der Waals surface area contributed by atoms with E-state index in [0.717, 1.165) is 18.8 Å². The Kier molecular flexibility index (Phi) is 3.52. The molecule has 1 aliphatic carbocycles. The fourth-order valence-corrected chi connectivity index (χ4v) is 3.43. The van der Waals surface area contributed by atoms with Crippen LogP contribution in [0.3, 0.4) is 0 Å². The van der Waals surface area contributed by atoms with Gasteiger partial charge in [-0.3, -0.25) is 11.3 Å². The van der Waals surface area contributed by atoms with Crippen LogP contribution >= 0.6 is 0 Å². The van der Waals surface area contributed by atoms with Crippen molar-refractivity contribution in [2.75, 3.05) is 6.61 Å². The van der Waals surface area contributed by atoms with E-state index >= 15 is 0 Å². The molecule has 3 rings (SSSR count). The van der Waals surface area contributed by atoms with Crippen LogP contribution in [0.1, 0.15) is 49.3 Å². The zero-order valence-corrected chi connectivity index (χ0v) is 10.8. The number of hydrazine groups is 1. The fourth-order valence-electron chi connectivity index (χ4n) is 3.43. The second-order valence-corrected chi connectivity index (χ2v) is 5.48. The molecule has 3 N–H and O–H groups in total. The molecule has 0 bridgehead atoms. The molecule has 1 atom stereocenters. The van der Waals surface area contributed by atoms with Crippen LogP contribution in [-0.4, -0.2) is 6.61 Å². The number of ether oxygens (including phenoxy) is 1. The lowest BCUT2D eigenvalue weighted by atomic mass is 9.81. The number of nitrogens with two attached hydrogens (primary N) is 1. The van der Waals surface area contributed by atoms with E-state index in [4.69, 9.17) is 10.6 Å². The maximum absolute atomic E-state index is 5.82. The molecule has 98 valence electrons. The fraction of sp³-hybridized carbons (Fsp3) is 0.600. The van der Waals surface area contributed by atoms with Crippen molar-refractivity contribution in [3.8, 4) is 5.75 Å². The van der Waals surface area contributed by atoms with Gasteiger partial charge in [-0.2, -0.15) is 0 Å². The Morgan fingerprint density at radius 3 is 2.83 bits per heavy atom. The molecule has 2 aliphatic rings. The van der Waals surface area contributed by atoms with Crippen molar-refractivity contribution >= 4 is 0 Å². The van der Waals surface area contributed by atoms with Gasteiger partial charge in [0.25, 0.3) is 0 Å². The van der Waals surface area contributed by atoms with Crippen molar-refractivity contribution in [3.63, 3.8) is 0 Å². The number of rotatable bonds is 3. The minimum atomic E-state index is 0.248. The Hall–Kier alpha value is -1.06. The molecule has 0 aromatic heterocycles. The molecule has 1 aromatic rings. The van der Waals surface area contributed by atoms with Gasteiger partial charge in [0.2, 0.25) is 0 Å². The van der Waals surface area contributed by atoms with E-state index in [0.29, 0.717) is 5.92 Å². The van der Waals surface area contributed by atoms with Gasteiger partial charge >= 0.3 is 0 Å². The lowest BCUT2D eigenvalue weighted by molar-refractivity contribution is 0.265. The Labute approximate surface area is 109 Å². The highest BCUT2D eigenvalue weighted by Crippen LogP contribution is 2.40. The monoisotopic (exact) mass is 246 g/mol. The summed E-state index contributed by atoms with van der Waals surface area (Å²) in [5.41, 5.74) is 5.64. The van der Waals surface area contributed by atoms with E-state index < -0.39 is 0 Å². The Morgan fingerprint density at radius 2 is 2.06 bits per heavy atom. The van der Waals surface area contributed by atoms with Crippen molar-refractivity contribution in [1.29, 1.82) is 0 Å². The third-order valence-corrected chi connectivity index (χ3v) is 4.38. The lowest BCUT2D eigenvalue weighted by Crippen LogP contribution is -2.34. The quantitative estimate of drug-likeness (QED) is 0.637. The van der Waals surface area contributed by atoms with E-state index in [2.05, 4.69) is 23.6 Å². The molecular weight excluding hydrogens is 224 g/mol. The third kappa shape index (κ3) is 2.13. The van der Waals surface area contributed by atoms with Gasteiger partial charge in [0, 0.05) is 12.0 Å². The number of hydrogen-bond acceptors (Lipinski definition) is 3. The molecule has 1 aromatic carbocycles. The molecular formula is C15H22N2O. The van der Waals surface area contributed by atoms with Gasteiger partial charge in [-0.25, -0.2) is 0 Å². The summed E-state index contributed by atoms with van der Waals surface area (Å²) >= 11 is 0.